The number of nitriles is 1. The largest absolute Gasteiger partial charge is 0.467 e. The number of nitrogens with one attached hydrogen (secondary N) is 1. The molecular formula is C26H33N7O2. The molecule has 4 rings (SSSR count). The summed E-state index contributed by atoms with van der Waals surface area (Å²) >= 11 is 0. The number of aromatic nitrogens is 3. The molecule has 1 aliphatic rings. The van der Waals surface area contributed by atoms with Crippen LogP contribution in [0.25, 0.3) is 0 Å². The fourth-order valence-electron chi connectivity index (χ4n) is 4.39. The molecule has 9 heteroatoms. The van der Waals surface area contributed by atoms with Crippen LogP contribution in [0.15, 0.2) is 28.9 Å². The van der Waals surface area contributed by atoms with Crippen molar-refractivity contribution in [1.82, 2.24) is 19.4 Å². The number of rotatable bonds is 7. The van der Waals surface area contributed by atoms with Crippen LogP contribution in [-0.2, 0) is 11.3 Å². The third kappa shape index (κ3) is 5.38. The predicted molar refractivity (Wildman–Crippen MR) is 135 cm³/mol. The Morgan fingerprint density at radius 2 is 1.94 bits per heavy atom. The second-order valence-electron chi connectivity index (χ2n) is 9.40. The van der Waals surface area contributed by atoms with Crippen molar-refractivity contribution < 1.29 is 9.21 Å². The Bertz CT molecular complexity index is 1230. The Kier molecular flexibility index (Phi) is 7.22. The zero-order valence-electron chi connectivity index (χ0n) is 21.1. The summed E-state index contributed by atoms with van der Waals surface area (Å²) in [5, 5.41) is 12.7. The highest BCUT2D eigenvalue weighted by molar-refractivity contribution is 5.93. The van der Waals surface area contributed by atoms with E-state index in [1.165, 1.54) is 0 Å². The second-order valence-corrected chi connectivity index (χ2v) is 9.40. The van der Waals surface area contributed by atoms with Crippen LogP contribution in [0.1, 0.15) is 53.9 Å². The molecule has 0 spiro atoms. The van der Waals surface area contributed by atoms with Crippen molar-refractivity contribution in [3.63, 3.8) is 0 Å². The molecule has 0 radical (unpaired) electrons. The maximum atomic E-state index is 13.0. The Morgan fingerprint density at radius 3 is 2.57 bits per heavy atom. The van der Waals surface area contributed by atoms with E-state index in [0.717, 1.165) is 60.5 Å². The summed E-state index contributed by atoms with van der Waals surface area (Å²) in [6, 6.07) is 7.99. The second kappa shape index (κ2) is 10.3. The molecule has 3 aromatic heterocycles. The Labute approximate surface area is 206 Å². The van der Waals surface area contributed by atoms with Gasteiger partial charge in [0.05, 0.1) is 24.9 Å². The SMILES string of the molecule is Cc1cc(N2CCN(CC(=O)Nc3c(C#N)c(C)c(C)n3Cc3ccco3)CC2)nc(C(C)C)n1. The average molecular weight is 476 g/mol. The maximum Gasteiger partial charge on any atom is 0.239 e. The topological polar surface area (TPSA) is 103 Å². The fourth-order valence-corrected chi connectivity index (χ4v) is 4.39. The van der Waals surface area contributed by atoms with Gasteiger partial charge in [-0.2, -0.15) is 5.26 Å². The number of aryl methyl sites for hydroxylation is 1. The molecule has 0 unspecified atom stereocenters. The van der Waals surface area contributed by atoms with Gasteiger partial charge in [-0.15, -0.1) is 0 Å². The van der Waals surface area contributed by atoms with E-state index < -0.39 is 0 Å². The van der Waals surface area contributed by atoms with Crippen molar-refractivity contribution in [1.29, 1.82) is 5.26 Å². The predicted octanol–water partition coefficient (Wildman–Crippen LogP) is 3.60. The number of piperazine rings is 1. The van der Waals surface area contributed by atoms with E-state index in [1.54, 1.807) is 6.26 Å². The van der Waals surface area contributed by atoms with Crippen LogP contribution < -0.4 is 10.2 Å². The van der Waals surface area contributed by atoms with Crippen molar-refractivity contribution in [2.24, 2.45) is 0 Å². The first-order valence-electron chi connectivity index (χ1n) is 12.0. The highest BCUT2D eigenvalue weighted by Gasteiger charge is 2.24. The number of amides is 1. The number of hydrogen-bond donors (Lipinski definition) is 1. The molecule has 0 aliphatic carbocycles. The third-order valence-corrected chi connectivity index (χ3v) is 6.53. The summed E-state index contributed by atoms with van der Waals surface area (Å²) in [6.45, 7) is 13.9. The highest BCUT2D eigenvalue weighted by Crippen LogP contribution is 2.27. The fraction of sp³-hybridized carbons (Fsp3) is 0.462. The summed E-state index contributed by atoms with van der Waals surface area (Å²) in [7, 11) is 0. The molecule has 1 amide bonds. The summed E-state index contributed by atoms with van der Waals surface area (Å²) in [6.07, 6.45) is 1.62. The molecule has 9 nitrogen and oxygen atoms in total. The normalized spacial score (nSPS) is 14.4. The van der Waals surface area contributed by atoms with Gasteiger partial charge in [0.1, 0.15) is 29.3 Å². The first-order chi connectivity index (χ1) is 16.8. The van der Waals surface area contributed by atoms with Gasteiger partial charge in [0, 0.05) is 49.6 Å². The summed E-state index contributed by atoms with van der Waals surface area (Å²) in [4.78, 5) is 26.7. The summed E-state index contributed by atoms with van der Waals surface area (Å²) < 4.78 is 7.43. The molecular weight excluding hydrogens is 442 g/mol. The molecule has 0 saturated carbocycles. The lowest BCUT2D eigenvalue weighted by atomic mass is 10.2. The quantitative estimate of drug-likeness (QED) is 0.557. The van der Waals surface area contributed by atoms with E-state index in [4.69, 9.17) is 9.40 Å². The Hall–Kier alpha value is -3.64. The van der Waals surface area contributed by atoms with Crippen LogP contribution >= 0.6 is 0 Å². The summed E-state index contributed by atoms with van der Waals surface area (Å²) in [5.74, 6) is 3.24. The maximum absolute atomic E-state index is 13.0. The number of carbonyl (C=O) groups excluding carboxylic acids is 1. The van der Waals surface area contributed by atoms with Crippen molar-refractivity contribution >= 4 is 17.5 Å². The minimum absolute atomic E-state index is 0.131. The Balaban J connectivity index is 1.41. The van der Waals surface area contributed by atoms with Crippen molar-refractivity contribution in [3.05, 3.63) is 58.6 Å². The van der Waals surface area contributed by atoms with E-state index >= 15 is 0 Å². The van der Waals surface area contributed by atoms with Gasteiger partial charge in [0.15, 0.2) is 0 Å². The van der Waals surface area contributed by atoms with Gasteiger partial charge in [-0.1, -0.05) is 13.8 Å². The molecule has 0 atom stereocenters. The zero-order chi connectivity index (χ0) is 25.1. The molecule has 0 bridgehead atoms. The molecule has 1 N–H and O–H groups in total. The van der Waals surface area contributed by atoms with Gasteiger partial charge in [-0.05, 0) is 38.5 Å². The van der Waals surface area contributed by atoms with Crippen LogP contribution in [0.2, 0.25) is 0 Å². The molecule has 1 saturated heterocycles. The van der Waals surface area contributed by atoms with Gasteiger partial charge in [-0.25, -0.2) is 9.97 Å². The van der Waals surface area contributed by atoms with Crippen LogP contribution in [0.5, 0.6) is 0 Å². The molecule has 1 aliphatic heterocycles. The van der Waals surface area contributed by atoms with E-state index in [0.29, 0.717) is 17.9 Å². The standard InChI is InChI=1S/C26H33N7O2/c1-17(2)25-28-18(3)13-23(29-25)32-10-8-31(9-11-32)16-24(34)30-26-22(14-27)19(4)20(5)33(26)15-21-7-6-12-35-21/h6-7,12-13,17H,8-11,15-16H2,1-5H3,(H,30,34). The molecule has 35 heavy (non-hydrogen) atoms. The number of furan rings is 1. The van der Waals surface area contributed by atoms with Crippen molar-refractivity contribution in [3.8, 4) is 6.07 Å². The molecule has 184 valence electrons. The van der Waals surface area contributed by atoms with Gasteiger partial charge in [-0.3, -0.25) is 9.69 Å². The van der Waals surface area contributed by atoms with Crippen LogP contribution in [0, 0.1) is 32.1 Å². The van der Waals surface area contributed by atoms with Crippen molar-refractivity contribution in [2.75, 3.05) is 42.9 Å². The smallest absolute Gasteiger partial charge is 0.239 e. The number of carbonyl (C=O) groups is 1. The van der Waals surface area contributed by atoms with Gasteiger partial charge in [0.25, 0.3) is 0 Å². The van der Waals surface area contributed by atoms with E-state index in [1.807, 2.05) is 43.5 Å². The minimum atomic E-state index is -0.131. The van der Waals surface area contributed by atoms with Crippen LogP contribution in [0.4, 0.5) is 11.6 Å². The number of hydrogen-bond acceptors (Lipinski definition) is 7. The first-order valence-corrected chi connectivity index (χ1v) is 12.0. The van der Waals surface area contributed by atoms with E-state index in [9.17, 15) is 10.1 Å². The lowest BCUT2D eigenvalue weighted by Gasteiger charge is -2.35. The average Bonchev–Trinajstić information content (AvgIpc) is 3.42. The lowest BCUT2D eigenvalue weighted by Crippen LogP contribution is -2.49. The minimum Gasteiger partial charge on any atom is -0.467 e. The van der Waals surface area contributed by atoms with Gasteiger partial charge < -0.3 is 19.2 Å². The summed E-state index contributed by atoms with van der Waals surface area (Å²) in [5.41, 5.74) is 3.26. The molecule has 1 fully saturated rings. The van der Waals surface area contributed by atoms with Crippen LogP contribution in [0.3, 0.4) is 0 Å². The van der Waals surface area contributed by atoms with E-state index in [-0.39, 0.29) is 18.4 Å². The number of anilines is 2. The van der Waals surface area contributed by atoms with Gasteiger partial charge in [0.2, 0.25) is 5.91 Å². The molecule has 0 aromatic carbocycles. The first kappa shape index (κ1) is 24.5. The van der Waals surface area contributed by atoms with Crippen molar-refractivity contribution in [2.45, 2.75) is 47.1 Å². The van der Waals surface area contributed by atoms with Gasteiger partial charge >= 0.3 is 0 Å². The highest BCUT2D eigenvalue weighted by atomic mass is 16.3. The lowest BCUT2D eigenvalue weighted by molar-refractivity contribution is -0.117. The monoisotopic (exact) mass is 475 g/mol. The number of nitrogens with zero attached hydrogens (tertiary/aromatic N) is 6. The third-order valence-electron chi connectivity index (χ3n) is 6.53. The zero-order valence-corrected chi connectivity index (χ0v) is 21.1. The van der Waals surface area contributed by atoms with Crippen LogP contribution in [-0.4, -0.2) is 58.1 Å². The van der Waals surface area contributed by atoms with E-state index in [2.05, 4.69) is 40.0 Å². The Morgan fingerprint density at radius 1 is 1.20 bits per heavy atom. The molecule has 3 aromatic rings. The molecule has 4 heterocycles.